The summed E-state index contributed by atoms with van der Waals surface area (Å²) in [6.45, 7) is 3.07. The van der Waals surface area contributed by atoms with E-state index in [-0.39, 0.29) is 5.91 Å². The lowest BCUT2D eigenvalue weighted by molar-refractivity contribution is -0.118. The lowest BCUT2D eigenvalue weighted by atomic mass is 10.1. The van der Waals surface area contributed by atoms with Crippen LogP contribution in [-0.4, -0.2) is 18.6 Å². The van der Waals surface area contributed by atoms with Crippen LogP contribution in [0.4, 0.5) is 0 Å². The van der Waals surface area contributed by atoms with Gasteiger partial charge in [0, 0.05) is 12.7 Å². The lowest BCUT2D eigenvalue weighted by Gasteiger charge is -2.05. The molecule has 1 aromatic rings. The number of hydrogen-bond donors (Lipinski definition) is 1. The second kappa shape index (κ2) is 11.0. The number of carbonyl (C=O) groups excluding carboxylic acids is 1. The highest BCUT2D eigenvalue weighted by atomic mass is 31.1. The first-order valence-corrected chi connectivity index (χ1v) is 8.59. The summed E-state index contributed by atoms with van der Waals surface area (Å²) in [6.07, 6.45) is 8.24. The first-order valence-electron chi connectivity index (χ1n) is 7.38. The molecule has 0 aliphatic heterocycles. The predicted molar refractivity (Wildman–Crippen MR) is 85.6 cm³/mol. The minimum absolute atomic E-state index is 0.191. The monoisotopic (exact) mass is 279 g/mol. The van der Waals surface area contributed by atoms with E-state index in [1.54, 1.807) is 0 Å². The second-order valence-corrected chi connectivity index (χ2v) is 6.12. The Morgan fingerprint density at radius 2 is 1.74 bits per heavy atom. The van der Waals surface area contributed by atoms with Gasteiger partial charge in [0.05, 0.1) is 0 Å². The number of amides is 1. The van der Waals surface area contributed by atoms with Crippen molar-refractivity contribution in [1.82, 2.24) is 5.32 Å². The molecule has 0 heterocycles. The summed E-state index contributed by atoms with van der Waals surface area (Å²) in [7, 11) is 0.585. The zero-order valence-electron chi connectivity index (χ0n) is 12.0. The summed E-state index contributed by atoms with van der Waals surface area (Å²) < 4.78 is 0. The average molecular weight is 279 g/mol. The van der Waals surface area contributed by atoms with Crippen molar-refractivity contribution in [1.29, 1.82) is 0 Å². The molecule has 106 valence electrons. The molecule has 1 amide bonds. The highest BCUT2D eigenvalue weighted by Gasteiger charge is 2.01. The minimum Gasteiger partial charge on any atom is -0.356 e. The van der Waals surface area contributed by atoms with Crippen LogP contribution >= 0.6 is 8.58 Å². The van der Waals surface area contributed by atoms with Gasteiger partial charge in [-0.05, 0) is 11.7 Å². The van der Waals surface area contributed by atoms with Crippen LogP contribution in [0.15, 0.2) is 30.3 Å². The summed E-state index contributed by atoms with van der Waals surface area (Å²) in [4.78, 5) is 11.6. The van der Waals surface area contributed by atoms with E-state index in [9.17, 15) is 4.79 Å². The van der Waals surface area contributed by atoms with E-state index in [2.05, 4.69) is 24.4 Å². The Labute approximate surface area is 119 Å². The van der Waals surface area contributed by atoms with Crippen LogP contribution in [0.5, 0.6) is 0 Å². The standard InChI is InChI=1S/C16H26NOP/c1-2-3-4-5-6-10-13-17-16(18)14-19-15-11-8-7-9-12-15/h7-9,11-12,19H,2-6,10,13-14H2,1H3,(H,17,18). The first kappa shape index (κ1) is 16.2. The van der Waals surface area contributed by atoms with E-state index >= 15 is 0 Å². The molecule has 0 fully saturated rings. The third-order valence-corrected chi connectivity index (χ3v) is 4.32. The Bertz CT molecular complexity index is 340. The van der Waals surface area contributed by atoms with E-state index in [1.165, 1.54) is 37.4 Å². The number of carbonyl (C=O) groups is 1. The van der Waals surface area contributed by atoms with Crippen molar-refractivity contribution in [3.63, 3.8) is 0 Å². The molecule has 0 saturated carbocycles. The Morgan fingerprint density at radius 3 is 2.47 bits per heavy atom. The largest absolute Gasteiger partial charge is 0.356 e. The van der Waals surface area contributed by atoms with Crippen molar-refractivity contribution in [3.8, 4) is 0 Å². The molecule has 1 atom stereocenters. The summed E-state index contributed by atoms with van der Waals surface area (Å²) >= 11 is 0. The molecular formula is C16H26NOP. The summed E-state index contributed by atoms with van der Waals surface area (Å²) in [5.74, 6) is 0.191. The second-order valence-electron chi connectivity index (χ2n) is 4.84. The number of nitrogens with one attached hydrogen (secondary N) is 1. The maximum absolute atomic E-state index is 11.6. The van der Waals surface area contributed by atoms with Crippen molar-refractivity contribution in [2.45, 2.75) is 45.4 Å². The zero-order chi connectivity index (χ0) is 13.8. The molecule has 0 radical (unpaired) electrons. The van der Waals surface area contributed by atoms with Crippen LogP contribution in [0.2, 0.25) is 0 Å². The van der Waals surface area contributed by atoms with Crippen molar-refractivity contribution in [2.75, 3.05) is 12.7 Å². The molecular weight excluding hydrogens is 253 g/mol. The number of rotatable bonds is 10. The van der Waals surface area contributed by atoms with Gasteiger partial charge in [-0.25, -0.2) is 0 Å². The van der Waals surface area contributed by atoms with Crippen molar-refractivity contribution in [2.24, 2.45) is 0 Å². The fourth-order valence-corrected chi connectivity index (χ4v) is 2.85. The summed E-state index contributed by atoms with van der Waals surface area (Å²) in [5, 5.41) is 4.27. The van der Waals surface area contributed by atoms with Gasteiger partial charge in [0.1, 0.15) is 0 Å². The molecule has 1 unspecified atom stereocenters. The highest BCUT2D eigenvalue weighted by Crippen LogP contribution is 2.08. The molecule has 0 saturated heterocycles. The Morgan fingerprint density at radius 1 is 1.05 bits per heavy atom. The van der Waals surface area contributed by atoms with E-state index in [4.69, 9.17) is 0 Å². The zero-order valence-corrected chi connectivity index (χ0v) is 13.0. The molecule has 1 aromatic carbocycles. The molecule has 1 rings (SSSR count). The molecule has 2 nitrogen and oxygen atoms in total. The van der Waals surface area contributed by atoms with Crippen molar-refractivity contribution < 1.29 is 4.79 Å². The van der Waals surface area contributed by atoms with Crippen LogP contribution in [0.25, 0.3) is 0 Å². The number of hydrogen-bond acceptors (Lipinski definition) is 1. The summed E-state index contributed by atoms with van der Waals surface area (Å²) in [6, 6.07) is 10.2. The van der Waals surface area contributed by atoms with Crippen LogP contribution in [-0.2, 0) is 4.79 Å². The van der Waals surface area contributed by atoms with Crippen LogP contribution in [0.3, 0.4) is 0 Å². The number of unbranched alkanes of at least 4 members (excludes halogenated alkanes) is 5. The normalized spacial score (nSPS) is 11.0. The predicted octanol–water partition coefficient (Wildman–Crippen LogP) is 3.47. The molecule has 19 heavy (non-hydrogen) atoms. The molecule has 0 aliphatic carbocycles. The lowest BCUT2D eigenvalue weighted by Crippen LogP contribution is -2.26. The average Bonchev–Trinajstić information content (AvgIpc) is 2.45. The third-order valence-electron chi connectivity index (χ3n) is 3.08. The topological polar surface area (TPSA) is 29.1 Å². The van der Waals surface area contributed by atoms with Gasteiger partial charge in [-0.2, -0.15) is 0 Å². The van der Waals surface area contributed by atoms with E-state index in [1.807, 2.05) is 18.2 Å². The smallest absolute Gasteiger partial charge is 0.224 e. The molecule has 3 heteroatoms. The van der Waals surface area contributed by atoms with Gasteiger partial charge in [0.2, 0.25) is 5.91 Å². The van der Waals surface area contributed by atoms with Gasteiger partial charge in [0.25, 0.3) is 0 Å². The molecule has 0 bridgehead atoms. The number of benzene rings is 1. The minimum atomic E-state index is 0.191. The Kier molecular flexibility index (Phi) is 9.36. The SMILES string of the molecule is CCCCCCCCNC(=O)CPc1ccccc1. The molecule has 0 aliphatic rings. The maximum atomic E-state index is 11.6. The fraction of sp³-hybridized carbons (Fsp3) is 0.562. The highest BCUT2D eigenvalue weighted by molar-refractivity contribution is 7.48. The third kappa shape index (κ3) is 8.77. The van der Waals surface area contributed by atoms with Gasteiger partial charge >= 0.3 is 0 Å². The van der Waals surface area contributed by atoms with Crippen molar-refractivity contribution >= 4 is 19.8 Å². The van der Waals surface area contributed by atoms with Crippen LogP contribution < -0.4 is 10.6 Å². The molecule has 0 spiro atoms. The van der Waals surface area contributed by atoms with Crippen LogP contribution in [0.1, 0.15) is 45.4 Å². The van der Waals surface area contributed by atoms with Gasteiger partial charge in [-0.3, -0.25) is 4.79 Å². The van der Waals surface area contributed by atoms with Gasteiger partial charge in [-0.1, -0.05) is 77.9 Å². The maximum Gasteiger partial charge on any atom is 0.224 e. The Balaban J connectivity index is 1.96. The van der Waals surface area contributed by atoms with E-state index in [0.29, 0.717) is 14.7 Å². The van der Waals surface area contributed by atoms with Crippen LogP contribution in [0, 0.1) is 0 Å². The first-order chi connectivity index (χ1) is 9.33. The summed E-state index contributed by atoms with van der Waals surface area (Å²) in [5.41, 5.74) is 0. The Hall–Kier alpha value is -0.880. The van der Waals surface area contributed by atoms with E-state index < -0.39 is 0 Å². The van der Waals surface area contributed by atoms with Crippen molar-refractivity contribution in [3.05, 3.63) is 30.3 Å². The van der Waals surface area contributed by atoms with Gasteiger partial charge in [-0.15, -0.1) is 0 Å². The molecule has 1 N–H and O–H groups in total. The fourth-order valence-electron chi connectivity index (χ4n) is 1.93. The van der Waals surface area contributed by atoms with Gasteiger partial charge < -0.3 is 5.32 Å². The molecule has 0 aromatic heterocycles. The quantitative estimate of drug-likeness (QED) is 0.516. The van der Waals surface area contributed by atoms with E-state index in [0.717, 1.165) is 13.0 Å². The van der Waals surface area contributed by atoms with Gasteiger partial charge in [0.15, 0.2) is 0 Å².